The zero-order valence-electron chi connectivity index (χ0n) is 14.9. The van der Waals surface area contributed by atoms with Crippen molar-refractivity contribution in [2.75, 3.05) is 13.3 Å². The Balaban J connectivity index is 1.80. The number of fused-ring (bicyclic) bond motifs is 1. The van der Waals surface area contributed by atoms with Gasteiger partial charge in [0, 0.05) is 18.2 Å². The van der Waals surface area contributed by atoms with E-state index < -0.39 is 0 Å². The molecule has 1 aromatic carbocycles. The highest BCUT2D eigenvalue weighted by atomic mass is 32.1. The van der Waals surface area contributed by atoms with Crippen molar-refractivity contribution in [3.63, 3.8) is 0 Å². The highest BCUT2D eigenvalue weighted by Crippen LogP contribution is 2.37. The third kappa shape index (κ3) is 3.79. The molecular formula is C19H24N2O3S. The Labute approximate surface area is 152 Å². The number of rotatable bonds is 7. The van der Waals surface area contributed by atoms with Crippen LogP contribution in [0.4, 0.5) is 0 Å². The van der Waals surface area contributed by atoms with Crippen LogP contribution in [0.5, 0.6) is 11.5 Å². The number of carbonyl (C=O) groups excluding carboxylic acids is 1. The number of hydrogen-bond donors (Lipinski definition) is 0. The van der Waals surface area contributed by atoms with E-state index in [0.29, 0.717) is 4.88 Å². The lowest BCUT2D eigenvalue weighted by Crippen LogP contribution is -2.38. The molecule has 0 bridgehead atoms. The van der Waals surface area contributed by atoms with Crippen LogP contribution in [-0.4, -0.2) is 35.2 Å². The maximum Gasteiger partial charge on any atom is 0.265 e. The van der Waals surface area contributed by atoms with Gasteiger partial charge in [0.2, 0.25) is 6.79 Å². The summed E-state index contributed by atoms with van der Waals surface area (Å²) >= 11 is 1.43. The van der Waals surface area contributed by atoms with Gasteiger partial charge in [-0.25, -0.2) is 4.98 Å². The van der Waals surface area contributed by atoms with Gasteiger partial charge in [0.05, 0.1) is 6.20 Å². The normalized spacial score (nSPS) is 13.7. The van der Waals surface area contributed by atoms with Crippen LogP contribution in [-0.2, 0) is 0 Å². The minimum Gasteiger partial charge on any atom is -0.454 e. The first-order valence-corrected chi connectivity index (χ1v) is 9.62. The Morgan fingerprint density at radius 1 is 1.32 bits per heavy atom. The van der Waals surface area contributed by atoms with E-state index in [1.165, 1.54) is 11.3 Å². The molecule has 2 heterocycles. The fourth-order valence-corrected chi connectivity index (χ4v) is 3.62. The summed E-state index contributed by atoms with van der Waals surface area (Å²) in [6.45, 7) is 7.40. The molecule has 5 nitrogen and oxygen atoms in total. The van der Waals surface area contributed by atoms with E-state index in [2.05, 4.69) is 25.8 Å². The first kappa shape index (κ1) is 17.7. The second kappa shape index (κ2) is 7.87. The smallest absolute Gasteiger partial charge is 0.265 e. The fourth-order valence-electron chi connectivity index (χ4n) is 2.75. The van der Waals surface area contributed by atoms with Crippen molar-refractivity contribution in [2.24, 2.45) is 0 Å². The van der Waals surface area contributed by atoms with E-state index in [9.17, 15) is 4.79 Å². The number of unbranched alkanes of at least 4 members (excludes halogenated alkanes) is 1. The molecule has 1 atom stereocenters. The van der Waals surface area contributed by atoms with Gasteiger partial charge < -0.3 is 14.4 Å². The number of hydrogen-bond acceptors (Lipinski definition) is 5. The number of amides is 1. The van der Waals surface area contributed by atoms with Crippen molar-refractivity contribution >= 4 is 17.2 Å². The van der Waals surface area contributed by atoms with Gasteiger partial charge in [-0.15, -0.1) is 11.3 Å². The molecule has 3 rings (SSSR count). The summed E-state index contributed by atoms with van der Waals surface area (Å²) < 4.78 is 10.8. The number of nitrogens with zero attached hydrogens (tertiary/aromatic N) is 2. The van der Waals surface area contributed by atoms with Gasteiger partial charge in [0.15, 0.2) is 11.5 Å². The van der Waals surface area contributed by atoms with Crippen molar-refractivity contribution in [3.8, 4) is 22.1 Å². The summed E-state index contributed by atoms with van der Waals surface area (Å²) in [5.41, 5.74) is 0.942. The lowest BCUT2D eigenvalue weighted by atomic mass is 10.2. The zero-order chi connectivity index (χ0) is 17.8. The van der Waals surface area contributed by atoms with Crippen molar-refractivity contribution in [2.45, 2.75) is 46.1 Å². The molecule has 0 saturated heterocycles. The van der Waals surface area contributed by atoms with Crippen LogP contribution in [0.15, 0.2) is 24.4 Å². The molecular weight excluding hydrogens is 336 g/mol. The van der Waals surface area contributed by atoms with E-state index in [-0.39, 0.29) is 18.7 Å². The summed E-state index contributed by atoms with van der Waals surface area (Å²) in [6.07, 6.45) is 4.73. The van der Waals surface area contributed by atoms with Gasteiger partial charge in [-0.2, -0.15) is 0 Å². The first-order valence-electron chi connectivity index (χ1n) is 8.80. The Bertz CT molecular complexity index is 744. The van der Waals surface area contributed by atoms with Gasteiger partial charge in [0.25, 0.3) is 5.91 Å². The number of ether oxygens (including phenoxy) is 2. The summed E-state index contributed by atoms with van der Waals surface area (Å²) in [4.78, 5) is 20.0. The fraction of sp³-hybridized carbons (Fsp3) is 0.474. The summed E-state index contributed by atoms with van der Waals surface area (Å²) in [7, 11) is 0. The molecule has 1 aromatic heterocycles. The molecule has 0 spiro atoms. The quantitative estimate of drug-likeness (QED) is 0.725. The van der Waals surface area contributed by atoms with Crippen LogP contribution in [0.2, 0.25) is 0 Å². The second-order valence-electron chi connectivity index (χ2n) is 6.21. The molecule has 0 fully saturated rings. The van der Waals surface area contributed by atoms with Gasteiger partial charge >= 0.3 is 0 Å². The average Bonchev–Trinajstić information content (AvgIpc) is 3.30. The number of carbonyl (C=O) groups is 1. The third-order valence-corrected chi connectivity index (χ3v) is 5.51. The predicted molar refractivity (Wildman–Crippen MR) is 99.4 cm³/mol. The largest absolute Gasteiger partial charge is 0.454 e. The number of benzene rings is 1. The van der Waals surface area contributed by atoms with Crippen LogP contribution in [0.25, 0.3) is 10.6 Å². The predicted octanol–water partition coefficient (Wildman–Crippen LogP) is 4.58. The standard InChI is InChI=1S/C19H24N2O3S/c1-4-6-9-21(13(3)5-2)19(22)17-11-20-18(25-17)14-7-8-15-16(10-14)24-12-23-15/h7-8,10-11,13H,4-6,9,12H2,1-3H3. The third-order valence-electron chi connectivity index (χ3n) is 4.47. The molecule has 1 unspecified atom stereocenters. The summed E-state index contributed by atoms with van der Waals surface area (Å²) in [6, 6.07) is 5.98. The van der Waals surface area contributed by atoms with Crippen LogP contribution < -0.4 is 9.47 Å². The minimum absolute atomic E-state index is 0.0762. The Morgan fingerprint density at radius 2 is 2.12 bits per heavy atom. The van der Waals surface area contributed by atoms with Crippen LogP contribution in [0.3, 0.4) is 0 Å². The molecule has 0 N–H and O–H groups in total. The van der Waals surface area contributed by atoms with E-state index >= 15 is 0 Å². The number of aromatic nitrogens is 1. The molecule has 134 valence electrons. The van der Waals surface area contributed by atoms with E-state index in [1.54, 1.807) is 6.20 Å². The molecule has 0 aliphatic carbocycles. The molecule has 25 heavy (non-hydrogen) atoms. The van der Waals surface area contributed by atoms with Crippen molar-refractivity contribution in [1.29, 1.82) is 0 Å². The highest BCUT2D eigenvalue weighted by Gasteiger charge is 2.23. The summed E-state index contributed by atoms with van der Waals surface area (Å²) in [5.74, 6) is 1.55. The van der Waals surface area contributed by atoms with Gasteiger partial charge in [-0.1, -0.05) is 20.3 Å². The molecule has 1 aliphatic rings. The molecule has 2 aromatic rings. The van der Waals surface area contributed by atoms with Crippen LogP contribution in [0.1, 0.15) is 49.7 Å². The highest BCUT2D eigenvalue weighted by molar-refractivity contribution is 7.16. The van der Waals surface area contributed by atoms with E-state index in [0.717, 1.165) is 47.9 Å². The molecule has 6 heteroatoms. The van der Waals surface area contributed by atoms with Crippen LogP contribution in [0, 0.1) is 0 Å². The lowest BCUT2D eigenvalue weighted by molar-refractivity contribution is 0.0690. The lowest BCUT2D eigenvalue weighted by Gasteiger charge is -2.28. The van der Waals surface area contributed by atoms with E-state index in [1.807, 2.05) is 23.1 Å². The number of thiazole rings is 1. The Hall–Kier alpha value is -2.08. The zero-order valence-corrected chi connectivity index (χ0v) is 15.8. The van der Waals surface area contributed by atoms with Gasteiger partial charge in [-0.3, -0.25) is 4.79 Å². The van der Waals surface area contributed by atoms with Gasteiger partial charge in [-0.05, 0) is 38.0 Å². The Morgan fingerprint density at radius 3 is 2.88 bits per heavy atom. The SMILES string of the molecule is CCCCN(C(=O)c1cnc(-c2ccc3c(c2)OCO3)s1)C(C)CC. The van der Waals surface area contributed by atoms with Crippen LogP contribution >= 0.6 is 11.3 Å². The first-order chi connectivity index (χ1) is 12.1. The van der Waals surface area contributed by atoms with E-state index in [4.69, 9.17) is 9.47 Å². The monoisotopic (exact) mass is 360 g/mol. The van der Waals surface area contributed by atoms with Crippen molar-refractivity contribution in [1.82, 2.24) is 9.88 Å². The Kier molecular flexibility index (Phi) is 5.58. The maximum atomic E-state index is 12.9. The van der Waals surface area contributed by atoms with Gasteiger partial charge in [0.1, 0.15) is 9.88 Å². The molecule has 1 amide bonds. The summed E-state index contributed by atoms with van der Waals surface area (Å²) in [5, 5.41) is 0.821. The minimum atomic E-state index is 0.0762. The second-order valence-corrected chi connectivity index (χ2v) is 7.24. The average molecular weight is 360 g/mol. The van der Waals surface area contributed by atoms with Crippen molar-refractivity contribution < 1.29 is 14.3 Å². The maximum absolute atomic E-state index is 12.9. The van der Waals surface area contributed by atoms with Crippen molar-refractivity contribution in [3.05, 3.63) is 29.3 Å². The molecule has 0 radical (unpaired) electrons. The molecule has 0 saturated carbocycles. The topological polar surface area (TPSA) is 51.7 Å². The molecule has 1 aliphatic heterocycles.